The lowest BCUT2D eigenvalue weighted by atomic mass is 10.3. The maximum Gasteiger partial charge on any atom is 0.238 e. The summed E-state index contributed by atoms with van der Waals surface area (Å²) in [6, 6.07) is -0.0272. The Kier molecular flexibility index (Phi) is 3.09. The number of hydrogen-bond donors (Lipinski definition) is 1. The average Bonchev–Trinajstić information content (AvgIpc) is 2.81. The molecule has 1 saturated carbocycles. The van der Waals surface area contributed by atoms with Gasteiger partial charge in [-0.2, -0.15) is 0 Å². The first-order valence-corrected chi connectivity index (χ1v) is 4.56. The number of amides is 1. The van der Waals surface area contributed by atoms with E-state index in [-0.39, 0.29) is 11.9 Å². The topological polar surface area (TPSA) is 32.3 Å². The molecule has 3 heteroatoms. The second kappa shape index (κ2) is 3.90. The summed E-state index contributed by atoms with van der Waals surface area (Å²) in [7, 11) is 3.58. The Balaban J connectivity index is 2.16. The molecule has 1 amide bonds. The molecule has 3 nitrogen and oxygen atoms in total. The predicted molar refractivity (Wildman–Crippen MR) is 48.9 cm³/mol. The molecule has 1 aliphatic carbocycles. The largest absolute Gasteiger partial charge is 0.347 e. The molecule has 70 valence electrons. The van der Waals surface area contributed by atoms with Crippen LogP contribution < -0.4 is 5.32 Å². The van der Waals surface area contributed by atoms with E-state index >= 15 is 0 Å². The zero-order valence-corrected chi connectivity index (χ0v) is 8.13. The van der Waals surface area contributed by atoms with Crippen molar-refractivity contribution in [2.45, 2.75) is 25.8 Å². The van der Waals surface area contributed by atoms with Gasteiger partial charge in [0.2, 0.25) is 5.91 Å². The fraction of sp³-hybridized carbons (Fsp3) is 0.889. The summed E-state index contributed by atoms with van der Waals surface area (Å²) in [5.41, 5.74) is 0. The first kappa shape index (κ1) is 9.52. The molecule has 1 fully saturated rings. The quantitative estimate of drug-likeness (QED) is 0.665. The highest BCUT2D eigenvalue weighted by atomic mass is 16.2. The van der Waals surface area contributed by atoms with Crippen LogP contribution in [0.25, 0.3) is 0 Å². The zero-order valence-electron chi connectivity index (χ0n) is 8.13. The summed E-state index contributed by atoms with van der Waals surface area (Å²) >= 11 is 0. The van der Waals surface area contributed by atoms with Crippen LogP contribution >= 0.6 is 0 Å². The van der Waals surface area contributed by atoms with Crippen LogP contribution in [0, 0.1) is 5.92 Å². The Morgan fingerprint density at radius 2 is 2.17 bits per heavy atom. The Morgan fingerprint density at radius 3 is 2.58 bits per heavy atom. The van der Waals surface area contributed by atoms with E-state index in [1.54, 1.807) is 19.0 Å². The highest BCUT2D eigenvalue weighted by Gasteiger charge is 2.23. The van der Waals surface area contributed by atoms with E-state index in [2.05, 4.69) is 5.32 Å². The number of nitrogens with one attached hydrogen (secondary N) is 1. The maximum atomic E-state index is 11.3. The molecule has 0 aromatic carbocycles. The van der Waals surface area contributed by atoms with Gasteiger partial charge in [-0.3, -0.25) is 4.79 Å². The number of carbonyl (C=O) groups is 1. The van der Waals surface area contributed by atoms with E-state index in [4.69, 9.17) is 0 Å². The van der Waals surface area contributed by atoms with Crippen LogP contribution in [0.5, 0.6) is 0 Å². The van der Waals surface area contributed by atoms with E-state index in [1.807, 2.05) is 6.92 Å². The van der Waals surface area contributed by atoms with Crippen molar-refractivity contribution in [3.05, 3.63) is 0 Å². The van der Waals surface area contributed by atoms with Crippen LogP contribution in [0.15, 0.2) is 0 Å². The number of likely N-dealkylation sites (N-methyl/N-ethyl adjacent to an activating group) is 1. The van der Waals surface area contributed by atoms with Gasteiger partial charge in [0.1, 0.15) is 0 Å². The molecular formula is C9H18N2O. The molecule has 0 spiro atoms. The van der Waals surface area contributed by atoms with Crippen molar-refractivity contribution in [3.8, 4) is 0 Å². The van der Waals surface area contributed by atoms with Crippen LogP contribution in [-0.2, 0) is 4.79 Å². The van der Waals surface area contributed by atoms with Crippen molar-refractivity contribution in [2.24, 2.45) is 5.92 Å². The lowest BCUT2D eigenvalue weighted by Crippen LogP contribution is -2.42. The molecule has 0 saturated heterocycles. The van der Waals surface area contributed by atoms with Crippen molar-refractivity contribution >= 4 is 5.91 Å². The van der Waals surface area contributed by atoms with Crippen molar-refractivity contribution in [2.75, 3.05) is 20.6 Å². The van der Waals surface area contributed by atoms with Gasteiger partial charge in [0, 0.05) is 14.1 Å². The van der Waals surface area contributed by atoms with Crippen LogP contribution in [-0.4, -0.2) is 37.5 Å². The van der Waals surface area contributed by atoms with Crippen molar-refractivity contribution < 1.29 is 4.79 Å². The highest BCUT2D eigenvalue weighted by Crippen LogP contribution is 2.27. The van der Waals surface area contributed by atoms with Crippen LogP contribution in [0.3, 0.4) is 0 Å². The first-order valence-electron chi connectivity index (χ1n) is 4.56. The number of carbonyl (C=O) groups excluding carboxylic acids is 1. The fourth-order valence-corrected chi connectivity index (χ4v) is 1.14. The molecule has 1 N–H and O–H groups in total. The van der Waals surface area contributed by atoms with Gasteiger partial charge in [-0.15, -0.1) is 0 Å². The standard InChI is InChI=1S/C9H18N2O/c1-7(9(12)11(2)3)10-6-8-4-5-8/h7-8,10H,4-6H2,1-3H3. The predicted octanol–water partition coefficient (Wildman–Crippen LogP) is 0.463. The summed E-state index contributed by atoms with van der Waals surface area (Å²) in [5, 5.41) is 3.23. The van der Waals surface area contributed by atoms with E-state index < -0.39 is 0 Å². The van der Waals surface area contributed by atoms with Gasteiger partial charge in [0.25, 0.3) is 0 Å². The SMILES string of the molecule is CC(NCC1CC1)C(=O)N(C)C. The third-order valence-corrected chi connectivity index (χ3v) is 2.22. The minimum atomic E-state index is -0.0272. The molecule has 1 rings (SSSR count). The minimum Gasteiger partial charge on any atom is -0.347 e. The van der Waals surface area contributed by atoms with E-state index in [0.29, 0.717) is 0 Å². The van der Waals surface area contributed by atoms with E-state index in [9.17, 15) is 4.79 Å². The van der Waals surface area contributed by atoms with Crippen molar-refractivity contribution in [3.63, 3.8) is 0 Å². The monoisotopic (exact) mass is 170 g/mol. The van der Waals surface area contributed by atoms with Gasteiger partial charge in [-0.25, -0.2) is 0 Å². The molecule has 0 bridgehead atoms. The number of nitrogens with zero attached hydrogens (tertiary/aromatic N) is 1. The van der Waals surface area contributed by atoms with Gasteiger partial charge < -0.3 is 10.2 Å². The first-order chi connectivity index (χ1) is 5.61. The summed E-state index contributed by atoms with van der Waals surface area (Å²) in [6.07, 6.45) is 2.66. The van der Waals surface area contributed by atoms with Crippen molar-refractivity contribution in [1.82, 2.24) is 10.2 Å². The molecule has 1 atom stereocenters. The van der Waals surface area contributed by atoms with Gasteiger partial charge in [-0.05, 0) is 32.2 Å². The molecule has 0 radical (unpaired) electrons. The van der Waals surface area contributed by atoms with Gasteiger partial charge >= 0.3 is 0 Å². The Bertz CT molecular complexity index is 164. The van der Waals surface area contributed by atoms with E-state index in [1.165, 1.54) is 12.8 Å². The van der Waals surface area contributed by atoms with Gasteiger partial charge in [0.15, 0.2) is 0 Å². The third kappa shape index (κ3) is 2.81. The van der Waals surface area contributed by atoms with Crippen molar-refractivity contribution in [1.29, 1.82) is 0 Å². The lowest BCUT2D eigenvalue weighted by Gasteiger charge is -2.17. The molecule has 0 aliphatic heterocycles. The minimum absolute atomic E-state index is 0.0272. The third-order valence-electron chi connectivity index (χ3n) is 2.22. The molecule has 0 aromatic heterocycles. The Labute approximate surface area is 74.1 Å². The molecule has 1 unspecified atom stereocenters. The van der Waals surface area contributed by atoms with E-state index in [0.717, 1.165) is 12.5 Å². The highest BCUT2D eigenvalue weighted by molar-refractivity contribution is 5.80. The normalized spacial score (nSPS) is 18.9. The van der Waals surface area contributed by atoms with Gasteiger partial charge in [0.05, 0.1) is 6.04 Å². The molecule has 0 heterocycles. The second-order valence-electron chi connectivity index (χ2n) is 3.81. The molecular weight excluding hydrogens is 152 g/mol. The summed E-state index contributed by atoms with van der Waals surface area (Å²) in [6.45, 7) is 2.92. The molecule has 0 aromatic rings. The zero-order chi connectivity index (χ0) is 9.14. The fourth-order valence-electron chi connectivity index (χ4n) is 1.14. The lowest BCUT2D eigenvalue weighted by molar-refractivity contribution is -0.130. The average molecular weight is 170 g/mol. The number of rotatable bonds is 4. The molecule has 12 heavy (non-hydrogen) atoms. The Morgan fingerprint density at radius 1 is 1.58 bits per heavy atom. The van der Waals surface area contributed by atoms with Crippen LogP contribution in [0.4, 0.5) is 0 Å². The Hall–Kier alpha value is -0.570. The maximum absolute atomic E-state index is 11.3. The van der Waals surface area contributed by atoms with Crippen LogP contribution in [0.2, 0.25) is 0 Å². The number of hydrogen-bond acceptors (Lipinski definition) is 2. The molecule has 1 aliphatic rings. The van der Waals surface area contributed by atoms with Gasteiger partial charge in [-0.1, -0.05) is 0 Å². The smallest absolute Gasteiger partial charge is 0.238 e. The summed E-state index contributed by atoms with van der Waals surface area (Å²) < 4.78 is 0. The van der Waals surface area contributed by atoms with Crippen LogP contribution in [0.1, 0.15) is 19.8 Å². The summed E-state index contributed by atoms with van der Waals surface area (Å²) in [5.74, 6) is 0.998. The second-order valence-corrected chi connectivity index (χ2v) is 3.81. The summed E-state index contributed by atoms with van der Waals surface area (Å²) in [4.78, 5) is 13.0.